The van der Waals surface area contributed by atoms with Gasteiger partial charge in [0.2, 0.25) is 0 Å². The normalized spacial score (nSPS) is 10.2. The van der Waals surface area contributed by atoms with Gasteiger partial charge in [0.1, 0.15) is 12.9 Å². The molecule has 1 amide bonds. The van der Waals surface area contributed by atoms with Gasteiger partial charge in [0.05, 0.1) is 0 Å². The van der Waals surface area contributed by atoms with Crippen LogP contribution in [0, 0.1) is 6.92 Å². The van der Waals surface area contributed by atoms with E-state index in [4.69, 9.17) is 4.74 Å². The van der Waals surface area contributed by atoms with Crippen LogP contribution in [0.15, 0.2) is 29.0 Å². The second-order valence-corrected chi connectivity index (χ2v) is 5.03. The minimum absolute atomic E-state index is 0.143. The summed E-state index contributed by atoms with van der Waals surface area (Å²) in [6.45, 7) is 1.43. The first-order chi connectivity index (χ1) is 10.0. The van der Waals surface area contributed by atoms with E-state index in [0.29, 0.717) is 5.69 Å². The number of nitrogens with zero attached hydrogens (tertiary/aromatic N) is 4. The molecule has 0 fully saturated rings. The predicted molar refractivity (Wildman–Crippen MR) is 76.3 cm³/mol. The second-order valence-electron chi connectivity index (χ2n) is 4.18. The van der Waals surface area contributed by atoms with Gasteiger partial charge in [-0.2, -0.15) is 0 Å². The summed E-state index contributed by atoms with van der Waals surface area (Å²) in [5.41, 5.74) is 1.68. The van der Waals surface area contributed by atoms with Crippen molar-refractivity contribution in [1.82, 2.24) is 20.2 Å². The molecule has 1 N–H and O–H groups in total. The molecule has 1 aromatic heterocycles. The largest absolute Gasteiger partial charge is 0.454 e. The third-order valence-electron chi connectivity index (χ3n) is 2.50. The molecule has 8 nitrogen and oxygen atoms in total. The summed E-state index contributed by atoms with van der Waals surface area (Å²) in [6.07, 6.45) is 1.28. The van der Waals surface area contributed by atoms with Gasteiger partial charge < -0.3 is 10.1 Å². The quantitative estimate of drug-likeness (QED) is 0.802. The number of amides is 1. The third kappa shape index (κ3) is 4.63. The summed E-state index contributed by atoms with van der Waals surface area (Å²) in [5.74, 6) is -1.02. The van der Waals surface area contributed by atoms with Crippen LogP contribution in [-0.4, -0.2) is 38.7 Å². The molecule has 0 aliphatic rings. The highest BCUT2D eigenvalue weighted by molar-refractivity contribution is 9.10. The lowest BCUT2D eigenvalue weighted by molar-refractivity contribution is -0.148. The van der Waals surface area contributed by atoms with Crippen molar-refractivity contribution in [1.29, 1.82) is 0 Å². The van der Waals surface area contributed by atoms with E-state index in [0.717, 1.165) is 10.0 Å². The van der Waals surface area contributed by atoms with Crippen LogP contribution in [-0.2, 0) is 20.9 Å². The highest BCUT2D eigenvalue weighted by Crippen LogP contribution is 2.20. The Bertz CT molecular complexity index is 644. The lowest BCUT2D eigenvalue weighted by Crippen LogP contribution is -2.23. The fourth-order valence-corrected chi connectivity index (χ4v) is 1.82. The Hall–Kier alpha value is -2.29. The number of ether oxygens (including phenoxy) is 1. The first-order valence-corrected chi connectivity index (χ1v) is 6.76. The molecular formula is C12H12BrN5O3. The van der Waals surface area contributed by atoms with Gasteiger partial charge in [-0.3, -0.25) is 9.59 Å². The van der Waals surface area contributed by atoms with Gasteiger partial charge in [-0.1, -0.05) is 22.0 Å². The van der Waals surface area contributed by atoms with Crippen LogP contribution in [0.5, 0.6) is 0 Å². The van der Waals surface area contributed by atoms with Gasteiger partial charge >= 0.3 is 5.97 Å². The summed E-state index contributed by atoms with van der Waals surface area (Å²) in [6, 6.07) is 5.40. The number of tetrazole rings is 1. The summed E-state index contributed by atoms with van der Waals surface area (Å²) in [4.78, 5) is 23.1. The molecule has 21 heavy (non-hydrogen) atoms. The number of halogens is 1. The molecule has 0 saturated carbocycles. The number of aryl methyl sites for hydroxylation is 1. The van der Waals surface area contributed by atoms with Crippen molar-refractivity contribution in [2.24, 2.45) is 0 Å². The van der Waals surface area contributed by atoms with Gasteiger partial charge in [0.15, 0.2) is 6.61 Å². The van der Waals surface area contributed by atoms with Crippen molar-refractivity contribution >= 4 is 33.5 Å². The van der Waals surface area contributed by atoms with Crippen LogP contribution in [0.4, 0.5) is 5.69 Å². The van der Waals surface area contributed by atoms with Crippen LogP contribution >= 0.6 is 15.9 Å². The maximum atomic E-state index is 11.7. The molecule has 0 saturated heterocycles. The molecule has 0 atom stereocenters. The van der Waals surface area contributed by atoms with E-state index in [1.54, 1.807) is 12.1 Å². The van der Waals surface area contributed by atoms with Crippen LogP contribution < -0.4 is 5.32 Å². The predicted octanol–water partition coefficient (Wildman–Crippen LogP) is 0.926. The number of carbonyl (C=O) groups excluding carboxylic acids is 2. The summed E-state index contributed by atoms with van der Waals surface area (Å²) in [7, 11) is 0. The average molecular weight is 354 g/mol. The molecule has 0 spiro atoms. The van der Waals surface area contributed by atoms with Gasteiger partial charge in [-0.05, 0) is 35.0 Å². The standard InChI is InChI=1S/C12H12BrN5O3/c1-8-2-3-9(4-10(8)13)15-11(19)6-21-12(20)5-18-7-14-16-17-18/h2-4,7H,5-6H2,1H3,(H,15,19). The van der Waals surface area contributed by atoms with Crippen LogP contribution in [0.3, 0.4) is 0 Å². The molecule has 9 heteroatoms. The maximum Gasteiger partial charge on any atom is 0.328 e. The lowest BCUT2D eigenvalue weighted by Gasteiger charge is -2.07. The monoisotopic (exact) mass is 353 g/mol. The van der Waals surface area contributed by atoms with Crippen molar-refractivity contribution in [3.63, 3.8) is 0 Å². The fraction of sp³-hybridized carbons (Fsp3) is 0.250. The number of aromatic nitrogens is 4. The Morgan fingerprint density at radius 1 is 1.43 bits per heavy atom. The zero-order chi connectivity index (χ0) is 15.2. The number of hydrogen-bond donors (Lipinski definition) is 1. The van der Waals surface area contributed by atoms with Crippen molar-refractivity contribution in [3.8, 4) is 0 Å². The minimum Gasteiger partial charge on any atom is -0.454 e. The van der Waals surface area contributed by atoms with E-state index < -0.39 is 11.9 Å². The maximum absolute atomic E-state index is 11.7. The molecule has 110 valence electrons. The molecule has 1 heterocycles. The first kappa shape index (κ1) is 15.1. The zero-order valence-electron chi connectivity index (χ0n) is 11.1. The number of nitrogens with one attached hydrogen (secondary N) is 1. The molecule has 0 radical (unpaired) electrons. The van der Waals surface area contributed by atoms with Crippen LogP contribution in [0.2, 0.25) is 0 Å². The van der Waals surface area contributed by atoms with Gasteiger partial charge in [-0.25, -0.2) is 4.68 Å². The van der Waals surface area contributed by atoms with Gasteiger partial charge in [-0.15, -0.1) is 5.10 Å². The van der Waals surface area contributed by atoms with E-state index in [-0.39, 0.29) is 13.2 Å². The Morgan fingerprint density at radius 2 is 2.24 bits per heavy atom. The third-order valence-corrected chi connectivity index (χ3v) is 3.36. The van der Waals surface area contributed by atoms with E-state index in [1.165, 1.54) is 11.0 Å². The summed E-state index contributed by atoms with van der Waals surface area (Å²) in [5, 5.41) is 12.9. The Balaban J connectivity index is 1.79. The van der Waals surface area contributed by atoms with Crippen molar-refractivity contribution in [3.05, 3.63) is 34.6 Å². The van der Waals surface area contributed by atoms with Crippen molar-refractivity contribution in [2.75, 3.05) is 11.9 Å². The second kappa shape index (κ2) is 6.93. The molecule has 0 unspecified atom stereocenters. The molecule has 2 rings (SSSR count). The minimum atomic E-state index is -0.595. The van der Waals surface area contributed by atoms with E-state index in [1.807, 2.05) is 13.0 Å². The van der Waals surface area contributed by atoms with Crippen LogP contribution in [0.1, 0.15) is 5.56 Å². The Kier molecular flexibility index (Phi) is 4.99. The van der Waals surface area contributed by atoms with Crippen LogP contribution in [0.25, 0.3) is 0 Å². The number of benzene rings is 1. The average Bonchev–Trinajstić information content (AvgIpc) is 2.93. The van der Waals surface area contributed by atoms with Gasteiger partial charge in [0, 0.05) is 10.2 Å². The topological polar surface area (TPSA) is 99.0 Å². The van der Waals surface area contributed by atoms with E-state index in [2.05, 4.69) is 36.8 Å². The van der Waals surface area contributed by atoms with E-state index >= 15 is 0 Å². The van der Waals surface area contributed by atoms with Gasteiger partial charge in [0.25, 0.3) is 5.91 Å². The number of esters is 1. The number of anilines is 1. The lowest BCUT2D eigenvalue weighted by atomic mass is 10.2. The summed E-state index contributed by atoms with van der Waals surface area (Å²) >= 11 is 3.37. The van der Waals surface area contributed by atoms with Crippen molar-refractivity contribution < 1.29 is 14.3 Å². The molecule has 1 aromatic carbocycles. The number of rotatable bonds is 5. The highest BCUT2D eigenvalue weighted by Gasteiger charge is 2.09. The SMILES string of the molecule is Cc1ccc(NC(=O)COC(=O)Cn2cnnn2)cc1Br. The smallest absolute Gasteiger partial charge is 0.328 e. The van der Waals surface area contributed by atoms with Crippen molar-refractivity contribution in [2.45, 2.75) is 13.5 Å². The number of carbonyl (C=O) groups is 2. The molecule has 0 aliphatic carbocycles. The Labute approximate surface area is 128 Å². The molecular weight excluding hydrogens is 342 g/mol. The molecule has 0 aliphatic heterocycles. The molecule has 2 aromatic rings. The summed E-state index contributed by atoms with van der Waals surface area (Å²) < 4.78 is 6.92. The molecule has 0 bridgehead atoms. The first-order valence-electron chi connectivity index (χ1n) is 5.97. The Morgan fingerprint density at radius 3 is 2.90 bits per heavy atom. The zero-order valence-corrected chi connectivity index (χ0v) is 12.7. The highest BCUT2D eigenvalue weighted by atomic mass is 79.9. The number of hydrogen-bond acceptors (Lipinski definition) is 6. The fourth-order valence-electron chi connectivity index (χ4n) is 1.44. The van der Waals surface area contributed by atoms with E-state index in [9.17, 15) is 9.59 Å².